The molecule has 1 aromatic heterocycles. The van der Waals surface area contributed by atoms with Crippen molar-refractivity contribution in [3.8, 4) is 5.75 Å². The van der Waals surface area contributed by atoms with Crippen molar-refractivity contribution in [3.05, 3.63) is 101 Å². The molecule has 5 aliphatic rings. The molecule has 2 N–H and O–H groups in total. The quantitative estimate of drug-likeness (QED) is 0.0884. The van der Waals surface area contributed by atoms with Gasteiger partial charge < -0.3 is 29.3 Å². The largest absolute Gasteiger partial charge is 0.465 e. The number of ether oxygens (including phenoxy) is 1. The van der Waals surface area contributed by atoms with E-state index in [2.05, 4.69) is 32.3 Å². The molecular weight excluding hydrogens is 884 g/mol. The number of nitrogens with one attached hydrogen (secondary N) is 2. The lowest BCUT2D eigenvalue weighted by Gasteiger charge is -2.45. The molecule has 0 bridgehead atoms. The van der Waals surface area contributed by atoms with Crippen LogP contribution >= 0.6 is 18.9 Å². The van der Waals surface area contributed by atoms with E-state index in [9.17, 15) is 28.1 Å². The van der Waals surface area contributed by atoms with Crippen LogP contribution in [0.25, 0.3) is 10.1 Å². The lowest BCUT2D eigenvalue weighted by atomic mass is 9.86. The third kappa shape index (κ3) is 9.42. The predicted octanol–water partition coefficient (Wildman–Crippen LogP) is 9.06. The minimum atomic E-state index is -4.48. The van der Waals surface area contributed by atoms with Gasteiger partial charge in [0.2, 0.25) is 17.7 Å². The molecule has 2 saturated carbocycles. The number of halogens is 2. The number of para-hydroxylation sites is 1. The summed E-state index contributed by atoms with van der Waals surface area (Å²) in [6, 6.07) is 21.9. The molecule has 0 unspecified atom stereocenters. The van der Waals surface area contributed by atoms with E-state index >= 15 is 4.39 Å². The number of fused-ring (bicyclic) bond motifs is 2. The third-order valence-corrected chi connectivity index (χ3v) is 17.9. The molecule has 0 radical (unpaired) electrons. The molecular formula is C50H60F2N5O7PS. The maximum Gasteiger partial charge on any atom is 0.355 e. The average Bonchev–Trinajstić information content (AvgIpc) is 3.58. The highest BCUT2D eigenvalue weighted by molar-refractivity contribution is 7.57. The first-order valence-corrected chi connectivity index (χ1v) is 26.1. The zero-order valence-corrected chi connectivity index (χ0v) is 39.5. The van der Waals surface area contributed by atoms with Gasteiger partial charge in [-0.3, -0.25) is 23.7 Å². The SMILES string of the molecule is CCCOC(=O)[C@H](C)N[P@@](=O)(Oc1ccccc1)[C@H](F)c1ccc2sc(C(=O)N[C@H]3CC[C@H](N(C)C4CC(F)C4)C[C@H]4CC[C@@H](C(=O)N5C[C@@H](c6ccccc6)CC56CC6)N4C3=O)cc2c1. The normalized spacial score (nSPS) is 27.6. The van der Waals surface area contributed by atoms with Crippen LogP contribution in [0.5, 0.6) is 5.75 Å². The number of nitrogens with zero attached hydrogens (tertiary/aromatic N) is 3. The topological polar surface area (TPSA) is 138 Å². The van der Waals surface area contributed by atoms with Gasteiger partial charge in [0.05, 0.1) is 11.5 Å². The molecule has 1 spiro atoms. The van der Waals surface area contributed by atoms with Crippen molar-refractivity contribution in [2.24, 2.45) is 0 Å². The van der Waals surface area contributed by atoms with E-state index in [0.717, 1.165) is 19.3 Å². The number of alkyl halides is 2. The molecule has 12 nitrogen and oxygen atoms in total. The first-order valence-electron chi connectivity index (χ1n) is 23.6. The van der Waals surface area contributed by atoms with Crippen molar-refractivity contribution < 1.29 is 41.8 Å². The number of benzene rings is 3. The Morgan fingerprint density at radius 2 is 1.68 bits per heavy atom. The smallest absolute Gasteiger partial charge is 0.355 e. The van der Waals surface area contributed by atoms with Crippen LogP contribution in [0.15, 0.2) is 84.9 Å². The predicted molar refractivity (Wildman–Crippen MR) is 250 cm³/mol. The Hall–Kier alpha value is -4.69. The van der Waals surface area contributed by atoms with E-state index in [4.69, 9.17) is 9.26 Å². The fraction of sp³-hybridized carbons (Fsp3) is 0.520. The van der Waals surface area contributed by atoms with Crippen molar-refractivity contribution in [2.75, 3.05) is 20.2 Å². The van der Waals surface area contributed by atoms with Crippen LogP contribution in [0.1, 0.15) is 117 Å². The Balaban J connectivity index is 0.952. The molecule has 9 rings (SSSR count). The van der Waals surface area contributed by atoms with Gasteiger partial charge in [0.1, 0.15) is 30.0 Å². The number of likely N-dealkylation sites (tertiary alicyclic amines) is 1. The van der Waals surface area contributed by atoms with Gasteiger partial charge in [-0.15, -0.1) is 11.3 Å². The first kappa shape index (κ1) is 46.4. The van der Waals surface area contributed by atoms with Crippen LogP contribution in [-0.4, -0.2) is 107 Å². The van der Waals surface area contributed by atoms with E-state index in [0.29, 0.717) is 72.9 Å². The molecule has 2 aliphatic carbocycles. The highest BCUT2D eigenvalue weighted by Crippen LogP contribution is 2.58. The van der Waals surface area contributed by atoms with Gasteiger partial charge in [0.15, 0.2) is 0 Å². The second-order valence-electron chi connectivity index (χ2n) is 19.1. The monoisotopic (exact) mass is 943 g/mol. The van der Waals surface area contributed by atoms with Gasteiger partial charge in [-0.25, -0.2) is 13.9 Å². The van der Waals surface area contributed by atoms with E-state index in [-0.39, 0.29) is 59.3 Å². The molecule has 3 aliphatic heterocycles. The zero-order valence-electron chi connectivity index (χ0n) is 37.8. The Morgan fingerprint density at radius 3 is 2.38 bits per heavy atom. The second kappa shape index (κ2) is 19.1. The summed E-state index contributed by atoms with van der Waals surface area (Å²) in [5.41, 5.74) is 1.05. The molecule has 5 fully saturated rings. The summed E-state index contributed by atoms with van der Waals surface area (Å²) >= 11 is 1.18. The van der Waals surface area contributed by atoms with Crippen LogP contribution in [0.4, 0.5) is 8.78 Å². The number of rotatable bonds is 15. The lowest BCUT2D eigenvalue weighted by molar-refractivity contribution is -0.148. The molecule has 66 heavy (non-hydrogen) atoms. The summed E-state index contributed by atoms with van der Waals surface area (Å²) < 4.78 is 56.9. The van der Waals surface area contributed by atoms with Crippen molar-refractivity contribution in [1.82, 2.24) is 25.1 Å². The molecule has 3 saturated heterocycles. The number of hydrogen-bond acceptors (Lipinski definition) is 9. The summed E-state index contributed by atoms with van der Waals surface area (Å²) in [4.78, 5) is 63.1. The number of thiophene rings is 1. The van der Waals surface area contributed by atoms with Gasteiger partial charge in [-0.2, -0.15) is 0 Å². The van der Waals surface area contributed by atoms with Gasteiger partial charge in [0.25, 0.3) is 5.91 Å². The molecule has 4 heterocycles. The second-order valence-corrected chi connectivity index (χ2v) is 22.3. The van der Waals surface area contributed by atoms with E-state index < -0.39 is 49.6 Å². The number of carbonyl (C=O) groups is 4. The van der Waals surface area contributed by atoms with Gasteiger partial charge >= 0.3 is 13.5 Å². The van der Waals surface area contributed by atoms with Crippen LogP contribution in [-0.2, 0) is 23.7 Å². The summed E-state index contributed by atoms with van der Waals surface area (Å²) in [5.74, 6) is -3.28. The minimum absolute atomic E-state index is 0.0112. The van der Waals surface area contributed by atoms with Crippen LogP contribution in [0.3, 0.4) is 0 Å². The number of esters is 1. The van der Waals surface area contributed by atoms with E-state index in [1.165, 1.54) is 36.0 Å². The molecule has 3 amide bonds. The number of amides is 3. The summed E-state index contributed by atoms with van der Waals surface area (Å²) in [6.07, 6.45) is 6.34. The Morgan fingerprint density at radius 1 is 0.955 bits per heavy atom. The average molecular weight is 944 g/mol. The molecule has 16 heteroatoms. The van der Waals surface area contributed by atoms with Gasteiger partial charge in [-0.1, -0.05) is 61.5 Å². The fourth-order valence-electron chi connectivity index (χ4n) is 10.7. The maximum atomic E-state index is 16.7. The number of carbonyl (C=O) groups excluding carboxylic acids is 4. The third-order valence-electron chi connectivity index (χ3n) is 14.6. The zero-order chi connectivity index (χ0) is 46.3. The van der Waals surface area contributed by atoms with Gasteiger partial charge in [0, 0.05) is 40.8 Å². The molecule has 352 valence electrons. The van der Waals surface area contributed by atoms with Crippen LogP contribution in [0, 0.1) is 0 Å². The van der Waals surface area contributed by atoms with E-state index in [1.54, 1.807) is 47.4 Å². The van der Waals surface area contributed by atoms with Gasteiger partial charge in [-0.05, 0) is 131 Å². The minimum Gasteiger partial charge on any atom is -0.465 e. The van der Waals surface area contributed by atoms with Crippen molar-refractivity contribution in [2.45, 2.75) is 144 Å². The fourth-order valence-corrected chi connectivity index (χ4v) is 13.6. The highest BCUT2D eigenvalue weighted by Gasteiger charge is 2.59. The highest BCUT2D eigenvalue weighted by atomic mass is 32.1. The summed E-state index contributed by atoms with van der Waals surface area (Å²) in [6.45, 7) is 4.05. The van der Waals surface area contributed by atoms with Crippen LogP contribution < -0.4 is 14.9 Å². The van der Waals surface area contributed by atoms with Crippen molar-refractivity contribution in [3.63, 3.8) is 0 Å². The molecule has 3 aromatic carbocycles. The Kier molecular flexibility index (Phi) is 13.5. The maximum absolute atomic E-state index is 16.7. The Labute approximate surface area is 389 Å². The van der Waals surface area contributed by atoms with Crippen molar-refractivity contribution in [1.29, 1.82) is 0 Å². The first-order chi connectivity index (χ1) is 31.8. The standard InChI is InChI=1S/C50H60F2N5O7PS/c1-4-23-63-49(61)31(2)54-65(62,64-40-13-9-6-10-14-40)45(52)33-15-20-43-34(24-33)25-44(66-43)46(58)53-41-18-16-37(55(3)39-26-36(51)27-39)28-38-17-19-42(57(38)47(41)59)48(60)56-30-35(29-50(56)21-22-50)32-11-7-5-8-12-32/h5-15,20,24-25,31,35-39,41-42,45H,4,16-19,21-23,26-30H2,1-3H3,(H,53,58)(H,54,62)/t31-,35-,36?,37-,38+,39?,41-,42-,45-,65-/m0/s1. The van der Waals surface area contributed by atoms with Crippen LogP contribution in [0.2, 0.25) is 0 Å². The molecule has 4 aromatic rings. The number of hydrogen-bond donors (Lipinski definition) is 2. The lowest BCUT2D eigenvalue weighted by Crippen LogP contribution is -2.59. The molecule has 8 atom stereocenters. The van der Waals surface area contributed by atoms with Crippen molar-refractivity contribution >= 4 is 52.6 Å². The summed E-state index contributed by atoms with van der Waals surface area (Å²) in [7, 11) is -2.45. The Bertz CT molecular complexity index is 2470. The van der Waals surface area contributed by atoms with E-state index in [1.807, 2.05) is 32.2 Å². The summed E-state index contributed by atoms with van der Waals surface area (Å²) in [5, 5.41) is 6.18.